The molecule has 156 valence electrons. The van der Waals surface area contributed by atoms with Gasteiger partial charge in [-0.25, -0.2) is 13.2 Å². The van der Waals surface area contributed by atoms with Crippen molar-refractivity contribution < 1.29 is 17.9 Å². The molecule has 2 aliphatic heterocycles. The first kappa shape index (κ1) is 19.2. The summed E-state index contributed by atoms with van der Waals surface area (Å²) in [5.74, 6) is 0.495. The zero-order valence-corrected chi connectivity index (χ0v) is 17.1. The second kappa shape index (κ2) is 7.19. The highest BCUT2D eigenvalue weighted by Crippen LogP contribution is 2.40. The summed E-state index contributed by atoms with van der Waals surface area (Å²) in [5, 5.41) is 11.3. The first-order valence-corrected chi connectivity index (χ1v) is 11.8. The molecule has 4 atom stereocenters. The van der Waals surface area contributed by atoms with Crippen LogP contribution in [0.4, 0.5) is 0 Å². The Kier molecular flexibility index (Phi) is 4.77. The summed E-state index contributed by atoms with van der Waals surface area (Å²) in [4.78, 5) is 14.0. The van der Waals surface area contributed by atoms with Gasteiger partial charge >= 0.3 is 5.63 Å². The maximum atomic E-state index is 13.3. The quantitative estimate of drug-likeness (QED) is 0.763. The van der Waals surface area contributed by atoms with Crippen LogP contribution in [-0.2, 0) is 10.0 Å². The largest absolute Gasteiger partial charge is 0.423 e. The number of benzene rings is 1. The van der Waals surface area contributed by atoms with Gasteiger partial charge < -0.3 is 9.52 Å². The third-order valence-corrected chi connectivity index (χ3v) is 8.74. The van der Waals surface area contributed by atoms with Crippen molar-refractivity contribution in [1.29, 1.82) is 0 Å². The van der Waals surface area contributed by atoms with Crippen LogP contribution in [0.25, 0.3) is 11.0 Å². The van der Waals surface area contributed by atoms with E-state index >= 15 is 0 Å². The van der Waals surface area contributed by atoms with Crippen molar-refractivity contribution in [2.24, 2.45) is 11.8 Å². The summed E-state index contributed by atoms with van der Waals surface area (Å²) in [6, 6.07) is 7.65. The molecule has 8 heteroatoms. The predicted molar refractivity (Wildman–Crippen MR) is 108 cm³/mol. The maximum Gasteiger partial charge on any atom is 0.336 e. The molecule has 3 aliphatic rings. The summed E-state index contributed by atoms with van der Waals surface area (Å²) in [5.41, 5.74) is -0.0778. The van der Waals surface area contributed by atoms with Crippen molar-refractivity contribution in [2.75, 3.05) is 26.2 Å². The van der Waals surface area contributed by atoms with Crippen molar-refractivity contribution in [2.45, 2.75) is 42.7 Å². The van der Waals surface area contributed by atoms with Gasteiger partial charge in [-0.2, -0.15) is 4.31 Å². The van der Waals surface area contributed by atoms with Crippen LogP contribution in [0.15, 0.2) is 44.4 Å². The standard InChI is InChI=1S/C21H26N2O5S/c24-19-11-16-13-23(12-15(16)10-18(19)22-7-1-2-8-22)29(26,27)17-4-5-20-14(9-17)3-6-21(25)28-20/h3-6,9,15-16,18-19,24H,1-2,7-8,10-13H2/t15-,16+,18-,19-/m1/s1. The van der Waals surface area contributed by atoms with Crippen molar-refractivity contribution in [1.82, 2.24) is 9.21 Å². The molecule has 0 bridgehead atoms. The van der Waals surface area contributed by atoms with Crippen molar-refractivity contribution in [3.05, 3.63) is 40.8 Å². The molecule has 5 rings (SSSR count). The van der Waals surface area contributed by atoms with Crippen LogP contribution in [0, 0.1) is 11.8 Å². The first-order chi connectivity index (χ1) is 13.9. The van der Waals surface area contributed by atoms with Crippen molar-refractivity contribution >= 4 is 21.0 Å². The summed E-state index contributed by atoms with van der Waals surface area (Å²) in [6.07, 6.45) is 3.52. The fourth-order valence-electron chi connectivity index (χ4n) is 5.39. The SMILES string of the molecule is O=c1ccc2cc(S(=O)(=O)N3C[C@H]4C[C@@H](N5CCCC5)[C@H](O)C[C@H]4C3)ccc2o1. The minimum Gasteiger partial charge on any atom is -0.423 e. The van der Waals surface area contributed by atoms with Crippen LogP contribution >= 0.6 is 0 Å². The van der Waals surface area contributed by atoms with Gasteiger partial charge in [0.15, 0.2) is 0 Å². The molecule has 1 N–H and O–H groups in total. The van der Waals surface area contributed by atoms with Gasteiger partial charge in [0.2, 0.25) is 10.0 Å². The fraction of sp³-hybridized carbons (Fsp3) is 0.571. The molecule has 3 heterocycles. The topological polar surface area (TPSA) is 91.1 Å². The molecule has 2 aromatic rings. The van der Waals surface area contributed by atoms with E-state index in [0.29, 0.717) is 30.5 Å². The number of aliphatic hydroxyl groups is 1. The van der Waals surface area contributed by atoms with Crippen LogP contribution in [0.2, 0.25) is 0 Å². The molecule has 0 unspecified atom stereocenters. The lowest BCUT2D eigenvalue weighted by Crippen LogP contribution is -2.48. The Balaban J connectivity index is 1.37. The third kappa shape index (κ3) is 3.42. The average molecular weight is 419 g/mol. The van der Waals surface area contributed by atoms with E-state index in [4.69, 9.17) is 4.42 Å². The predicted octanol–water partition coefficient (Wildman–Crippen LogP) is 1.65. The van der Waals surface area contributed by atoms with Gasteiger partial charge in [-0.1, -0.05) is 0 Å². The zero-order chi connectivity index (χ0) is 20.2. The fourth-order valence-corrected chi connectivity index (χ4v) is 6.98. The second-order valence-corrected chi connectivity index (χ2v) is 10.6. The van der Waals surface area contributed by atoms with Gasteiger partial charge in [0.25, 0.3) is 0 Å². The van der Waals surface area contributed by atoms with E-state index in [1.165, 1.54) is 25.0 Å². The number of fused-ring (bicyclic) bond motifs is 2. The Morgan fingerprint density at radius 3 is 2.48 bits per heavy atom. The highest BCUT2D eigenvalue weighted by atomic mass is 32.2. The molecule has 0 amide bonds. The van der Waals surface area contributed by atoms with E-state index < -0.39 is 15.6 Å². The summed E-state index contributed by atoms with van der Waals surface area (Å²) in [7, 11) is -3.63. The summed E-state index contributed by atoms with van der Waals surface area (Å²) < 4.78 is 33.2. The number of rotatable bonds is 3. The van der Waals surface area contributed by atoms with Gasteiger partial charge in [-0.3, -0.25) is 4.90 Å². The van der Waals surface area contributed by atoms with E-state index in [1.54, 1.807) is 22.5 Å². The molecule has 1 aliphatic carbocycles. The number of sulfonamides is 1. The van der Waals surface area contributed by atoms with Crippen LogP contribution in [0.3, 0.4) is 0 Å². The lowest BCUT2D eigenvalue weighted by molar-refractivity contribution is -0.000859. The second-order valence-electron chi connectivity index (χ2n) is 8.65. The minimum atomic E-state index is -3.63. The van der Waals surface area contributed by atoms with Crippen LogP contribution in [0.5, 0.6) is 0 Å². The average Bonchev–Trinajstić information content (AvgIpc) is 3.36. The lowest BCUT2D eigenvalue weighted by atomic mass is 9.77. The van der Waals surface area contributed by atoms with Gasteiger partial charge in [-0.05, 0) is 74.9 Å². The van der Waals surface area contributed by atoms with Gasteiger partial charge in [0, 0.05) is 30.6 Å². The smallest absolute Gasteiger partial charge is 0.336 e. The third-order valence-electron chi connectivity index (χ3n) is 6.91. The van der Waals surface area contributed by atoms with E-state index in [2.05, 4.69) is 4.90 Å². The molecule has 1 aromatic heterocycles. The Morgan fingerprint density at radius 2 is 1.72 bits per heavy atom. The number of likely N-dealkylation sites (tertiary alicyclic amines) is 1. The molecule has 0 radical (unpaired) electrons. The highest BCUT2D eigenvalue weighted by Gasteiger charge is 2.46. The lowest BCUT2D eigenvalue weighted by Gasteiger charge is -2.40. The number of hydrogen-bond acceptors (Lipinski definition) is 6. The van der Waals surface area contributed by atoms with Gasteiger partial charge in [-0.15, -0.1) is 0 Å². The van der Waals surface area contributed by atoms with E-state index in [0.717, 1.165) is 19.5 Å². The van der Waals surface area contributed by atoms with Crippen molar-refractivity contribution in [3.8, 4) is 0 Å². The molecular formula is C21H26N2O5S. The van der Waals surface area contributed by atoms with E-state index in [9.17, 15) is 18.3 Å². The van der Waals surface area contributed by atoms with Gasteiger partial charge in [0.05, 0.1) is 11.0 Å². The minimum absolute atomic E-state index is 0.157. The first-order valence-electron chi connectivity index (χ1n) is 10.4. The Bertz CT molecular complexity index is 1080. The Labute approximate surface area is 170 Å². The van der Waals surface area contributed by atoms with Crippen LogP contribution < -0.4 is 5.63 Å². The number of hydrogen-bond donors (Lipinski definition) is 1. The zero-order valence-electron chi connectivity index (χ0n) is 16.2. The molecular weight excluding hydrogens is 392 g/mol. The highest BCUT2D eigenvalue weighted by molar-refractivity contribution is 7.89. The van der Waals surface area contributed by atoms with E-state index in [1.807, 2.05) is 0 Å². The van der Waals surface area contributed by atoms with Crippen LogP contribution in [0.1, 0.15) is 25.7 Å². The monoisotopic (exact) mass is 418 g/mol. The number of aliphatic hydroxyl groups excluding tert-OH is 1. The normalized spacial score (nSPS) is 31.3. The Hall–Kier alpha value is -1.74. The van der Waals surface area contributed by atoms with E-state index in [-0.39, 0.29) is 28.9 Å². The molecule has 7 nitrogen and oxygen atoms in total. The molecule has 1 aromatic carbocycles. The molecule has 1 saturated carbocycles. The Morgan fingerprint density at radius 1 is 1.00 bits per heavy atom. The van der Waals surface area contributed by atoms with Gasteiger partial charge in [0.1, 0.15) is 5.58 Å². The van der Waals surface area contributed by atoms with Crippen molar-refractivity contribution in [3.63, 3.8) is 0 Å². The molecule has 3 fully saturated rings. The molecule has 0 spiro atoms. The summed E-state index contributed by atoms with van der Waals surface area (Å²) >= 11 is 0. The summed E-state index contributed by atoms with van der Waals surface area (Å²) in [6.45, 7) is 3.04. The number of nitrogens with zero attached hydrogens (tertiary/aromatic N) is 2. The molecule has 29 heavy (non-hydrogen) atoms. The maximum absolute atomic E-state index is 13.3. The van der Waals surface area contributed by atoms with Crippen LogP contribution in [-0.4, -0.2) is 61.1 Å². The molecule has 2 saturated heterocycles.